The van der Waals surface area contributed by atoms with E-state index >= 15 is 0 Å². The van der Waals surface area contributed by atoms with E-state index in [1.165, 1.54) is 4.90 Å². The normalized spacial score (nSPS) is 29.8. The third kappa shape index (κ3) is 3.33. The molecule has 25 heavy (non-hydrogen) atoms. The third-order valence-corrected chi connectivity index (χ3v) is 6.71. The predicted octanol–water partition coefficient (Wildman–Crippen LogP) is 2.40. The highest BCUT2D eigenvalue weighted by molar-refractivity contribution is 7.99. The highest BCUT2D eigenvalue weighted by atomic mass is 32.2. The van der Waals surface area contributed by atoms with Gasteiger partial charge >= 0.3 is 0 Å². The van der Waals surface area contributed by atoms with Crippen LogP contribution in [0.15, 0.2) is 29.2 Å². The first-order valence-electron chi connectivity index (χ1n) is 9.13. The monoisotopic (exact) mass is 362 g/mol. The molecule has 1 amide bonds. The lowest BCUT2D eigenvalue weighted by Crippen LogP contribution is -2.57. The van der Waals surface area contributed by atoms with Crippen molar-refractivity contribution in [2.75, 3.05) is 50.5 Å². The van der Waals surface area contributed by atoms with E-state index < -0.39 is 0 Å². The Morgan fingerprint density at radius 3 is 3.04 bits per heavy atom. The number of hydrogen-bond acceptors (Lipinski definition) is 5. The smallest absolute Gasteiger partial charge is 0.241 e. The second-order valence-electron chi connectivity index (χ2n) is 7.09. The van der Waals surface area contributed by atoms with Crippen LogP contribution in [0.4, 0.5) is 5.69 Å². The molecule has 6 heteroatoms. The number of carbonyl (C=O) groups excluding carboxylic acids is 1. The standard InChI is InChI=1S/C19H26N2O3S/c1-23-17-13-20(9-8-19(17)7-4-11-24-19)14-18(22)21-10-12-25-16-6-3-2-5-15(16)21/h2-3,5-6,17H,4,7-14H2,1H3/t17-,19-/m1/s1. The van der Waals surface area contributed by atoms with Gasteiger partial charge in [0.15, 0.2) is 0 Å². The number of thioether (sulfide) groups is 1. The second kappa shape index (κ2) is 7.27. The lowest BCUT2D eigenvalue weighted by molar-refractivity contribution is -0.146. The van der Waals surface area contributed by atoms with Crippen LogP contribution in [-0.2, 0) is 14.3 Å². The van der Waals surface area contributed by atoms with Crippen molar-refractivity contribution in [2.45, 2.75) is 35.9 Å². The zero-order valence-corrected chi connectivity index (χ0v) is 15.6. The number of hydrogen-bond donors (Lipinski definition) is 0. The minimum absolute atomic E-state index is 0.0562. The molecule has 136 valence electrons. The Morgan fingerprint density at radius 1 is 1.36 bits per heavy atom. The number of nitrogens with zero attached hydrogens (tertiary/aromatic N) is 2. The largest absolute Gasteiger partial charge is 0.377 e. The average molecular weight is 362 g/mol. The first kappa shape index (κ1) is 17.3. The van der Waals surface area contributed by atoms with Crippen molar-refractivity contribution < 1.29 is 14.3 Å². The van der Waals surface area contributed by atoms with Gasteiger partial charge in [-0.25, -0.2) is 0 Å². The van der Waals surface area contributed by atoms with E-state index in [1.54, 1.807) is 7.11 Å². The number of anilines is 1. The van der Waals surface area contributed by atoms with Crippen LogP contribution < -0.4 is 4.90 Å². The van der Waals surface area contributed by atoms with Gasteiger partial charge in [-0.15, -0.1) is 11.8 Å². The van der Waals surface area contributed by atoms with Gasteiger partial charge in [0, 0.05) is 44.0 Å². The van der Waals surface area contributed by atoms with E-state index in [0.29, 0.717) is 6.54 Å². The van der Waals surface area contributed by atoms with Crippen LogP contribution in [0.5, 0.6) is 0 Å². The summed E-state index contributed by atoms with van der Waals surface area (Å²) in [5.74, 6) is 1.14. The highest BCUT2D eigenvalue weighted by Gasteiger charge is 2.47. The van der Waals surface area contributed by atoms with Gasteiger partial charge < -0.3 is 14.4 Å². The van der Waals surface area contributed by atoms with Gasteiger partial charge in [0.1, 0.15) is 0 Å². The molecule has 2 fully saturated rings. The van der Waals surface area contributed by atoms with Crippen LogP contribution >= 0.6 is 11.8 Å². The summed E-state index contributed by atoms with van der Waals surface area (Å²) >= 11 is 1.83. The summed E-state index contributed by atoms with van der Waals surface area (Å²) in [6, 6.07) is 8.19. The minimum Gasteiger partial charge on any atom is -0.377 e. The molecule has 0 aliphatic carbocycles. The number of ether oxygens (including phenoxy) is 2. The molecule has 2 saturated heterocycles. The summed E-state index contributed by atoms with van der Waals surface area (Å²) in [4.78, 5) is 18.3. The molecule has 4 rings (SSSR count). The number of benzene rings is 1. The van der Waals surface area contributed by atoms with Crippen molar-refractivity contribution in [2.24, 2.45) is 0 Å². The number of rotatable bonds is 3. The Kier molecular flexibility index (Phi) is 5.04. The van der Waals surface area contributed by atoms with Gasteiger partial charge in [-0.2, -0.15) is 0 Å². The molecule has 1 aromatic carbocycles. The SMILES string of the molecule is CO[C@@H]1CN(CC(=O)N2CCSc3ccccc32)CC[C@]12CCCO2. The number of piperidine rings is 1. The van der Waals surface area contributed by atoms with Gasteiger partial charge in [0.2, 0.25) is 5.91 Å². The van der Waals surface area contributed by atoms with E-state index in [9.17, 15) is 4.79 Å². The summed E-state index contributed by atoms with van der Waals surface area (Å²) in [6.07, 6.45) is 3.19. The van der Waals surface area contributed by atoms with E-state index in [2.05, 4.69) is 17.0 Å². The lowest BCUT2D eigenvalue weighted by Gasteiger charge is -2.44. The third-order valence-electron chi connectivity index (χ3n) is 5.67. The molecule has 3 aliphatic rings. The summed E-state index contributed by atoms with van der Waals surface area (Å²) in [6.45, 7) is 3.74. The van der Waals surface area contributed by atoms with Gasteiger partial charge in [0.05, 0.1) is 23.9 Å². The molecule has 1 spiro atoms. The Balaban J connectivity index is 1.42. The molecule has 0 aromatic heterocycles. The van der Waals surface area contributed by atoms with Crippen LogP contribution in [0.2, 0.25) is 0 Å². The maximum Gasteiger partial charge on any atom is 0.241 e. The van der Waals surface area contributed by atoms with Crippen LogP contribution in [0, 0.1) is 0 Å². The van der Waals surface area contributed by atoms with E-state index in [1.807, 2.05) is 28.8 Å². The van der Waals surface area contributed by atoms with Gasteiger partial charge in [-0.05, 0) is 31.4 Å². The van der Waals surface area contributed by atoms with Crippen LogP contribution in [0.3, 0.4) is 0 Å². The first-order chi connectivity index (χ1) is 12.2. The number of methoxy groups -OCH3 is 1. The molecule has 0 bridgehead atoms. The van der Waals surface area contributed by atoms with Crippen molar-refractivity contribution in [3.8, 4) is 0 Å². The molecule has 0 saturated carbocycles. The minimum atomic E-state index is -0.122. The van der Waals surface area contributed by atoms with Gasteiger partial charge in [-0.1, -0.05) is 12.1 Å². The Bertz CT molecular complexity index is 633. The van der Waals surface area contributed by atoms with E-state index in [0.717, 1.165) is 56.9 Å². The first-order valence-corrected chi connectivity index (χ1v) is 10.1. The van der Waals surface area contributed by atoms with Crippen molar-refractivity contribution in [1.29, 1.82) is 0 Å². The fraction of sp³-hybridized carbons (Fsp3) is 0.632. The lowest BCUT2D eigenvalue weighted by atomic mass is 9.86. The van der Waals surface area contributed by atoms with Crippen LogP contribution in [-0.4, -0.2) is 68.2 Å². The molecular formula is C19H26N2O3S. The fourth-order valence-electron chi connectivity index (χ4n) is 4.31. The Morgan fingerprint density at radius 2 is 2.24 bits per heavy atom. The fourth-order valence-corrected chi connectivity index (χ4v) is 5.30. The molecule has 3 heterocycles. The zero-order valence-electron chi connectivity index (χ0n) is 14.8. The molecular weight excluding hydrogens is 336 g/mol. The Hall–Kier alpha value is -1.08. The summed E-state index contributed by atoms with van der Waals surface area (Å²) in [5, 5.41) is 0. The maximum absolute atomic E-state index is 12.9. The number of likely N-dealkylation sites (tertiary alicyclic amines) is 1. The molecule has 0 radical (unpaired) electrons. The van der Waals surface area contributed by atoms with Crippen molar-refractivity contribution in [1.82, 2.24) is 4.90 Å². The Labute approximate surface area is 153 Å². The predicted molar refractivity (Wildman–Crippen MR) is 99.3 cm³/mol. The molecule has 2 atom stereocenters. The van der Waals surface area contributed by atoms with Crippen LogP contribution in [0.25, 0.3) is 0 Å². The number of carbonyl (C=O) groups is 1. The number of fused-ring (bicyclic) bond motifs is 1. The number of amides is 1. The van der Waals surface area contributed by atoms with Crippen molar-refractivity contribution >= 4 is 23.4 Å². The van der Waals surface area contributed by atoms with Gasteiger partial charge in [0.25, 0.3) is 0 Å². The van der Waals surface area contributed by atoms with E-state index in [-0.39, 0.29) is 17.6 Å². The average Bonchev–Trinajstić information content (AvgIpc) is 3.12. The topological polar surface area (TPSA) is 42.0 Å². The van der Waals surface area contributed by atoms with E-state index in [4.69, 9.17) is 9.47 Å². The van der Waals surface area contributed by atoms with Crippen molar-refractivity contribution in [3.63, 3.8) is 0 Å². The summed E-state index contributed by atoms with van der Waals surface area (Å²) in [7, 11) is 1.76. The van der Waals surface area contributed by atoms with Gasteiger partial charge in [-0.3, -0.25) is 9.69 Å². The van der Waals surface area contributed by atoms with Crippen LogP contribution in [0.1, 0.15) is 19.3 Å². The maximum atomic E-state index is 12.9. The summed E-state index contributed by atoms with van der Waals surface area (Å²) < 4.78 is 11.8. The zero-order chi connectivity index (χ0) is 17.3. The number of para-hydroxylation sites is 1. The quantitative estimate of drug-likeness (QED) is 0.826. The molecule has 0 N–H and O–H groups in total. The highest BCUT2D eigenvalue weighted by Crippen LogP contribution is 2.38. The molecule has 1 aromatic rings. The molecule has 0 unspecified atom stereocenters. The molecule has 3 aliphatic heterocycles. The summed E-state index contributed by atoms with van der Waals surface area (Å²) in [5.41, 5.74) is 0.933. The van der Waals surface area contributed by atoms with Crippen molar-refractivity contribution in [3.05, 3.63) is 24.3 Å². The molecule has 5 nitrogen and oxygen atoms in total. The second-order valence-corrected chi connectivity index (χ2v) is 8.22.